The van der Waals surface area contributed by atoms with Crippen molar-refractivity contribution in [2.45, 2.75) is 13.8 Å². The van der Waals surface area contributed by atoms with Gasteiger partial charge in [0, 0.05) is 0 Å². The van der Waals surface area contributed by atoms with E-state index in [1.807, 2.05) is 18.2 Å². The molecule has 16 heavy (non-hydrogen) atoms. The van der Waals surface area contributed by atoms with Gasteiger partial charge in [-0.25, -0.2) is 4.99 Å². The molecule has 0 aliphatic carbocycles. The van der Waals surface area contributed by atoms with E-state index in [0.717, 1.165) is 0 Å². The summed E-state index contributed by atoms with van der Waals surface area (Å²) in [6.07, 6.45) is 0. The maximum atomic E-state index is 11.2. The standard InChI is InChI=1S/C12H14N2O2/c1-8(15)11(9(2)16)12(13)14-10-6-4-3-5-7-10/h3-7,15H,1-2H3,(H2,13,14)/b11-8-. The van der Waals surface area contributed by atoms with Crippen LogP contribution in [0, 0.1) is 0 Å². The van der Waals surface area contributed by atoms with Gasteiger partial charge in [-0.05, 0) is 26.0 Å². The number of benzene rings is 1. The predicted molar refractivity (Wildman–Crippen MR) is 63.7 cm³/mol. The van der Waals surface area contributed by atoms with E-state index in [0.29, 0.717) is 5.69 Å². The van der Waals surface area contributed by atoms with Crippen molar-refractivity contribution < 1.29 is 9.90 Å². The van der Waals surface area contributed by atoms with Crippen LogP contribution in [0.5, 0.6) is 0 Å². The van der Waals surface area contributed by atoms with Gasteiger partial charge in [-0.1, -0.05) is 18.2 Å². The topological polar surface area (TPSA) is 75.7 Å². The molecule has 4 heteroatoms. The zero-order valence-corrected chi connectivity index (χ0v) is 9.27. The molecule has 1 aromatic carbocycles. The Labute approximate surface area is 94.1 Å². The van der Waals surface area contributed by atoms with Gasteiger partial charge in [-0.3, -0.25) is 4.79 Å². The van der Waals surface area contributed by atoms with Gasteiger partial charge in [0.1, 0.15) is 11.6 Å². The Hall–Kier alpha value is -2.10. The fourth-order valence-corrected chi connectivity index (χ4v) is 1.32. The number of aliphatic hydroxyl groups is 1. The van der Waals surface area contributed by atoms with Crippen LogP contribution < -0.4 is 5.73 Å². The second-order valence-electron chi connectivity index (χ2n) is 3.35. The second kappa shape index (κ2) is 5.11. The molecule has 0 aromatic heterocycles. The van der Waals surface area contributed by atoms with Gasteiger partial charge in [0.2, 0.25) is 0 Å². The lowest BCUT2D eigenvalue weighted by molar-refractivity contribution is -0.113. The molecule has 0 spiro atoms. The highest BCUT2D eigenvalue weighted by molar-refractivity contribution is 6.20. The van der Waals surface area contributed by atoms with Gasteiger partial charge in [-0.15, -0.1) is 0 Å². The number of amidine groups is 1. The Bertz CT molecular complexity index is 443. The molecule has 0 saturated heterocycles. The van der Waals surface area contributed by atoms with Gasteiger partial charge in [0.25, 0.3) is 0 Å². The van der Waals surface area contributed by atoms with Crippen LogP contribution in [0.4, 0.5) is 5.69 Å². The second-order valence-corrected chi connectivity index (χ2v) is 3.35. The Kier molecular flexibility index (Phi) is 3.83. The fraction of sp³-hybridized carbons (Fsp3) is 0.167. The summed E-state index contributed by atoms with van der Waals surface area (Å²) < 4.78 is 0. The van der Waals surface area contributed by atoms with Crippen molar-refractivity contribution in [3.8, 4) is 0 Å². The number of carbonyl (C=O) groups is 1. The fourth-order valence-electron chi connectivity index (χ4n) is 1.32. The highest BCUT2D eigenvalue weighted by Crippen LogP contribution is 2.12. The van der Waals surface area contributed by atoms with E-state index in [-0.39, 0.29) is 23.0 Å². The molecule has 1 aromatic rings. The number of ketones is 1. The third-order valence-electron chi connectivity index (χ3n) is 1.98. The van der Waals surface area contributed by atoms with Crippen LogP contribution in [-0.2, 0) is 4.79 Å². The minimum absolute atomic E-state index is 0.0266. The van der Waals surface area contributed by atoms with Gasteiger partial charge < -0.3 is 10.8 Å². The predicted octanol–water partition coefficient (Wildman–Crippen LogP) is 2.10. The lowest BCUT2D eigenvalue weighted by Gasteiger charge is -2.04. The van der Waals surface area contributed by atoms with Gasteiger partial charge in [0.05, 0.1) is 11.3 Å². The maximum absolute atomic E-state index is 11.2. The number of aliphatic imine (C=N–C) groups is 1. The van der Waals surface area contributed by atoms with Crippen LogP contribution in [0.1, 0.15) is 13.8 Å². The molecule has 4 nitrogen and oxygen atoms in total. The third-order valence-corrected chi connectivity index (χ3v) is 1.98. The first-order chi connectivity index (χ1) is 7.52. The number of Topliss-reactive ketones (excluding diaryl/α,β-unsaturated/α-hetero) is 1. The van der Waals surface area contributed by atoms with Crippen molar-refractivity contribution in [3.63, 3.8) is 0 Å². The lowest BCUT2D eigenvalue weighted by atomic mass is 10.1. The summed E-state index contributed by atoms with van der Waals surface area (Å²) in [6.45, 7) is 2.74. The average molecular weight is 218 g/mol. The van der Waals surface area contributed by atoms with E-state index in [2.05, 4.69) is 4.99 Å². The average Bonchev–Trinajstić information content (AvgIpc) is 2.17. The highest BCUT2D eigenvalue weighted by atomic mass is 16.3. The minimum atomic E-state index is -0.308. The van der Waals surface area contributed by atoms with Gasteiger partial charge >= 0.3 is 0 Å². The number of allylic oxidation sites excluding steroid dienone is 1. The van der Waals surface area contributed by atoms with Crippen LogP contribution in [0.15, 0.2) is 46.7 Å². The summed E-state index contributed by atoms with van der Waals surface area (Å²) in [5, 5.41) is 9.33. The van der Waals surface area contributed by atoms with Crippen molar-refractivity contribution in [3.05, 3.63) is 41.7 Å². The molecule has 0 unspecified atom stereocenters. The van der Waals surface area contributed by atoms with Crippen LogP contribution in [0.2, 0.25) is 0 Å². The first kappa shape index (κ1) is 12.0. The largest absolute Gasteiger partial charge is 0.512 e. The van der Waals surface area contributed by atoms with E-state index >= 15 is 0 Å². The van der Waals surface area contributed by atoms with Gasteiger partial charge in [0.15, 0.2) is 5.78 Å². The van der Waals surface area contributed by atoms with Crippen molar-refractivity contribution in [1.82, 2.24) is 0 Å². The highest BCUT2D eigenvalue weighted by Gasteiger charge is 2.12. The summed E-state index contributed by atoms with van der Waals surface area (Å²) in [5.41, 5.74) is 6.36. The molecule has 0 saturated carbocycles. The van der Waals surface area contributed by atoms with Crippen LogP contribution in [0.25, 0.3) is 0 Å². The zero-order chi connectivity index (χ0) is 12.1. The van der Waals surface area contributed by atoms with Crippen LogP contribution >= 0.6 is 0 Å². The Balaban J connectivity index is 3.11. The van der Waals surface area contributed by atoms with Gasteiger partial charge in [-0.2, -0.15) is 0 Å². The molecule has 84 valence electrons. The van der Waals surface area contributed by atoms with Crippen molar-refractivity contribution in [2.75, 3.05) is 0 Å². The molecule has 0 bridgehead atoms. The van der Waals surface area contributed by atoms with E-state index in [1.54, 1.807) is 12.1 Å². The lowest BCUT2D eigenvalue weighted by Crippen LogP contribution is -2.21. The normalized spacial score (nSPS) is 13.2. The van der Waals surface area contributed by atoms with Crippen LogP contribution in [-0.4, -0.2) is 16.7 Å². The first-order valence-corrected chi connectivity index (χ1v) is 4.82. The molecule has 1 rings (SSSR count). The number of nitrogens with two attached hydrogens (primary N) is 1. The third kappa shape index (κ3) is 2.95. The zero-order valence-electron chi connectivity index (χ0n) is 9.27. The molecular formula is C12H14N2O2. The molecular weight excluding hydrogens is 204 g/mol. The summed E-state index contributed by atoms with van der Waals surface area (Å²) in [5.74, 6) is -0.402. The quantitative estimate of drug-likeness (QED) is 0.353. The van der Waals surface area contributed by atoms with E-state index in [1.165, 1.54) is 13.8 Å². The molecule has 0 fully saturated rings. The van der Waals surface area contributed by atoms with Crippen molar-refractivity contribution in [2.24, 2.45) is 10.7 Å². The SMILES string of the molecule is CC(=O)/C(C(N)=Nc1ccccc1)=C(\C)O. The summed E-state index contributed by atoms with van der Waals surface area (Å²) in [7, 11) is 0. The number of carbonyl (C=O) groups excluding carboxylic acids is 1. The summed E-state index contributed by atoms with van der Waals surface area (Å²) in [4.78, 5) is 15.3. The van der Waals surface area contributed by atoms with Crippen LogP contribution in [0.3, 0.4) is 0 Å². The minimum Gasteiger partial charge on any atom is -0.512 e. The van der Waals surface area contributed by atoms with E-state index in [4.69, 9.17) is 5.73 Å². The molecule has 0 atom stereocenters. The number of hydrogen-bond acceptors (Lipinski definition) is 3. The molecule has 0 aliphatic heterocycles. The molecule has 0 aliphatic rings. The Morgan fingerprint density at radius 3 is 2.25 bits per heavy atom. The van der Waals surface area contributed by atoms with E-state index in [9.17, 15) is 9.90 Å². The summed E-state index contributed by atoms with van der Waals surface area (Å²) >= 11 is 0. The number of rotatable bonds is 3. The number of para-hydroxylation sites is 1. The summed E-state index contributed by atoms with van der Waals surface area (Å²) in [6, 6.07) is 9.01. The van der Waals surface area contributed by atoms with Crippen molar-refractivity contribution >= 4 is 17.3 Å². The Morgan fingerprint density at radius 1 is 1.25 bits per heavy atom. The molecule has 0 heterocycles. The van der Waals surface area contributed by atoms with E-state index < -0.39 is 0 Å². The molecule has 0 radical (unpaired) electrons. The monoisotopic (exact) mass is 218 g/mol. The Morgan fingerprint density at radius 2 is 1.81 bits per heavy atom. The smallest absolute Gasteiger partial charge is 0.166 e. The number of nitrogens with zero attached hydrogens (tertiary/aromatic N) is 1. The number of hydrogen-bond donors (Lipinski definition) is 2. The molecule has 0 amide bonds. The maximum Gasteiger partial charge on any atom is 0.166 e. The first-order valence-electron chi connectivity index (χ1n) is 4.82. The number of aliphatic hydroxyl groups excluding tert-OH is 1. The van der Waals surface area contributed by atoms with Crippen molar-refractivity contribution in [1.29, 1.82) is 0 Å². The molecule has 3 N–H and O–H groups in total.